The third kappa shape index (κ3) is 7.55. The Bertz CT molecular complexity index is 1100. The van der Waals surface area contributed by atoms with Gasteiger partial charge in [-0.15, -0.1) is 0 Å². The number of aliphatic carboxylic acids is 2. The van der Waals surface area contributed by atoms with Crippen LogP contribution in [0.25, 0.3) is 0 Å². The van der Waals surface area contributed by atoms with Crippen molar-refractivity contribution in [1.82, 2.24) is 9.88 Å². The first-order valence-electron chi connectivity index (χ1n) is 12.6. The molecule has 1 fully saturated rings. The van der Waals surface area contributed by atoms with E-state index in [1.807, 2.05) is 19.1 Å². The van der Waals surface area contributed by atoms with Crippen molar-refractivity contribution in [3.8, 4) is 0 Å². The lowest BCUT2D eigenvalue weighted by atomic mass is 9.84. The molecule has 208 valence electrons. The summed E-state index contributed by atoms with van der Waals surface area (Å²) in [5.41, 5.74) is 3.95. The van der Waals surface area contributed by atoms with Crippen LogP contribution in [-0.2, 0) is 16.0 Å². The van der Waals surface area contributed by atoms with Gasteiger partial charge in [-0.05, 0) is 80.0 Å². The fourth-order valence-electron chi connectivity index (χ4n) is 5.25. The number of carboxylic acid groups (broad SMARTS) is 2. The van der Waals surface area contributed by atoms with Gasteiger partial charge in [-0.1, -0.05) is 12.1 Å². The SMILES string of the molecule is Cc1cc(F)ccc1C1CCN(C[C@@H]2CCc3cccnc3[C@@H](O)C2)CC1O.O=C(O)[C@H](O)[C@@H](O)C(=O)O. The minimum absolute atomic E-state index is 0.0602. The molecule has 11 heteroatoms. The number of likely N-dealkylation sites (tertiary alicyclic amines) is 1. The number of fused-ring (bicyclic) bond motifs is 1. The van der Waals surface area contributed by atoms with Gasteiger partial charge in [-0.25, -0.2) is 14.0 Å². The number of benzene rings is 1. The molecule has 6 atom stereocenters. The summed E-state index contributed by atoms with van der Waals surface area (Å²) in [6.45, 7) is 4.34. The second-order valence-corrected chi connectivity index (χ2v) is 9.99. The molecule has 1 aliphatic carbocycles. The van der Waals surface area contributed by atoms with Crippen molar-refractivity contribution < 1.29 is 44.6 Å². The lowest BCUT2D eigenvalue weighted by molar-refractivity contribution is -0.165. The second kappa shape index (κ2) is 13.2. The first-order chi connectivity index (χ1) is 18.0. The van der Waals surface area contributed by atoms with Gasteiger partial charge in [-0.2, -0.15) is 0 Å². The van der Waals surface area contributed by atoms with Crippen molar-refractivity contribution in [1.29, 1.82) is 0 Å². The van der Waals surface area contributed by atoms with Gasteiger partial charge in [0.1, 0.15) is 5.82 Å². The monoisotopic (exact) mass is 534 g/mol. The van der Waals surface area contributed by atoms with E-state index in [2.05, 4.69) is 16.0 Å². The molecule has 0 saturated carbocycles. The van der Waals surface area contributed by atoms with E-state index in [1.165, 1.54) is 6.07 Å². The number of halogens is 1. The molecule has 0 radical (unpaired) electrons. The highest BCUT2D eigenvalue weighted by Gasteiger charge is 2.32. The van der Waals surface area contributed by atoms with Crippen molar-refractivity contribution in [3.63, 3.8) is 0 Å². The van der Waals surface area contributed by atoms with E-state index in [0.29, 0.717) is 12.5 Å². The maximum absolute atomic E-state index is 13.4. The minimum Gasteiger partial charge on any atom is -0.479 e. The highest BCUT2D eigenvalue weighted by molar-refractivity contribution is 5.83. The number of pyridine rings is 1. The van der Waals surface area contributed by atoms with Gasteiger partial charge in [0.2, 0.25) is 0 Å². The molecule has 1 saturated heterocycles. The van der Waals surface area contributed by atoms with Gasteiger partial charge in [0.25, 0.3) is 0 Å². The van der Waals surface area contributed by atoms with E-state index >= 15 is 0 Å². The van der Waals surface area contributed by atoms with E-state index in [-0.39, 0.29) is 11.7 Å². The van der Waals surface area contributed by atoms with Crippen LogP contribution in [0.4, 0.5) is 4.39 Å². The zero-order chi connectivity index (χ0) is 28.0. The molecule has 10 nitrogen and oxygen atoms in total. The van der Waals surface area contributed by atoms with Crippen LogP contribution in [0.1, 0.15) is 53.7 Å². The van der Waals surface area contributed by atoms with Crippen molar-refractivity contribution in [2.75, 3.05) is 19.6 Å². The number of aryl methyl sites for hydroxylation is 2. The Balaban J connectivity index is 0.000000342. The Labute approximate surface area is 220 Å². The molecular formula is C27H35FN2O8. The first-order valence-corrected chi connectivity index (χ1v) is 12.6. The Morgan fingerprint density at radius 2 is 1.79 bits per heavy atom. The number of piperidine rings is 1. The number of carbonyl (C=O) groups is 2. The molecule has 1 aromatic carbocycles. The summed E-state index contributed by atoms with van der Waals surface area (Å²) >= 11 is 0. The van der Waals surface area contributed by atoms with Crippen LogP contribution in [0.3, 0.4) is 0 Å². The number of hydrogen-bond acceptors (Lipinski definition) is 8. The molecule has 0 amide bonds. The summed E-state index contributed by atoms with van der Waals surface area (Å²) in [7, 11) is 0. The van der Waals surface area contributed by atoms with Crippen molar-refractivity contribution in [2.24, 2.45) is 5.92 Å². The van der Waals surface area contributed by atoms with Gasteiger partial charge < -0.3 is 35.5 Å². The predicted molar refractivity (Wildman–Crippen MR) is 134 cm³/mol. The third-order valence-electron chi connectivity index (χ3n) is 7.24. The standard InChI is InChI=1S/C23H29FN2O2.C4H6O6/c1-15-11-18(24)6-7-19(15)20-8-10-26(14-22(20)28)13-16-4-5-17-3-2-9-25-23(17)21(27)12-16;5-1(3(7)8)2(6)4(9)10/h2-3,6-7,9,11,16,20-22,27-28H,4-5,8,10,12-14H2,1H3;1-2,5-6H,(H,7,8)(H,9,10)/t16-,20?,21+,22?;1-,2-/m11/s1. The lowest BCUT2D eigenvalue weighted by Gasteiger charge is -2.38. The fourth-order valence-corrected chi connectivity index (χ4v) is 5.25. The molecule has 2 heterocycles. The summed E-state index contributed by atoms with van der Waals surface area (Å²) < 4.78 is 13.4. The maximum atomic E-state index is 13.4. The lowest BCUT2D eigenvalue weighted by Crippen LogP contribution is -2.44. The normalized spacial score (nSPS) is 25.2. The summed E-state index contributed by atoms with van der Waals surface area (Å²) in [6.07, 6.45) is -0.180. The number of rotatable bonds is 6. The van der Waals surface area contributed by atoms with Gasteiger partial charge in [-0.3, -0.25) is 4.98 Å². The molecule has 1 aliphatic heterocycles. The van der Waals surface area contributed by atoms with Crippen LogP contribution in [0.2, 0.25) is 0 Å². The molecule has 1 aromatic heterocycles. The zero-order valence-corrected chi connectivity index (χ0v) is 21.2. The number of aliphatic hydroxyl groups is 4. The Hall–Kier alpha value is -2.96. The van der Waals surface area contributed by atoms with Crippen LogP contribution in [0.15, 0.2) is 36.5 Å². The molecule has 6 N–H and O–H groups in total. The smallest absolute Gasteiger partial charge is 0.335 e. The highest BCUT2D eigenvalue weighted by Crippen LogP contribution is 2.34. The van der Waals surface area contributed by atoms with Crippen LogP contribution in [0, 0.1) is 18.7 Å². The van der Waals surface area contributed by atoms with E-state index in [4.69, 9.17) is 20.4 Å². The molecule has 0 bridgehead atoms. The number of carboxylic acids is 2. The van der Waals surface area contributed by atoms with Gasteiger partial charge in [0, 0.05) is 25.2 Å². The average Bonchev–Trinajstić information content (AvgIpc) is 3.02. The summed E-state index contributed by atoms with van der Waals surface area (Å²) in [5.74, 6) is -3.31. The Kier molecular flexibility index (Phi) is 10.3. The summed E-state index contributed by atoms with van der Waals surface area (Å²) in [6, 6.07) is 8.85. The second-order valence-electron chi connectivity index (χ2n) is 9.99. The van der Waals surface area contributed by atoms with Crippen molar-refractivity contribution in [2.45, 2.75) is 62.9 Å². The van der Waals surface area contributed by atoms with Crippen molar-refractivity contribution >= 4 is 11.9 Å². The van der Waals surface area contributed by atoms with Crippen molar-refractivity contribution in [3.05, 3.63) is 64.7 Å². The zero-order valence-electron chi connectivity index (χ0n) is 21.2. The van der Waals surface area contributed by atoms with Gasteiger partial charge in [0.15, 0.2) is 12.2 Å². The van der Waals surface area contributed by atoms with Crippen LogP contribution in [0.5, 0.6) is 0 Å². The molecular weight excluding hydrogens is 499 g/mol. The molecule has 2 aliphatic rings. The highest BCUT2D eigenvalue weighted by atomic mass is 19.1. The quantitative estimate of drug-likeness (QED) is 0.296. The minimum atomic E-state index is -2.27. The topological polar surface area (TPSA) is 172 Å². The molecule has 2 unspecified atom stereocenters. The summed E-state index contributed by atoms with van der Waals surface area (Å²) in [5, 5.41) is 53.9. The number of β-amino-alcohol motifs (C(OH)–C–C–N with tert-alkyl or cyclic N) is 1. The largest absolute Gasteiger partial charge is 0.479 e. The van der Waals surface area contributed by atoms with E-state index in [9.17, 15) is 24.2 Å². The third-order valence-corrected chi connectivity index (χ3v) is 7.24. The molecule has 4 rings (SSSR count). The van der Waals surface area contributed by atoms with Gasteiger partial charge in [0.05, 0.1) is 17.9 Å². The fraction of sp³-hybridized carbons (Fsp3) is 0.519. The van der Waals surface area contributed by atoms with Crippen LogP contribution >= 0.6 is 0 Å². The maximum Gasteiger partial charge on any atom is 0.335 e. The summed E-state index contributed by atoms with van der Waals surface area (Å²) in [4.78, 5) is 26.2. The molecule has 0 spiro atoms. The van der Waals surface area contributed by atoms with E-state index in [1.54, 1.807) is 12.3 Å². The average molecular weight is 535 g/mol. The number of hydrogen-bond donors (Lipinski definition) is 6. The van der Waals surface area contributed by atoms with Crippen LogP contribution < -0.4 is 0 Å². The molecule has 38 heavy (non-hydrogen) atoms. The Morgan fingerprint density at radius 1 is 1.11 bits per heavy atom. The Morgan fingerprint density at radius 3 is 2.39 bits per heavy atom. The van der Waals surface area contributed by atoms with Crippen LogP contribution in [-0.4, -0.2) is 90.4 Å². The van der Waals surface area contributed by atoms with E-state index < -0.39 is 36.4 Å². The molecule has 2 aromatic rings. The van der Waals surface area contributed by atoms with E-state index in [0.717, 1.165) is 61.2 Å². The number of nitrogens with zero attached hydrogens (tertiary/aromatic N) is 2. The van der Waals surface area contributed by atoms with Gasteiger partial charge >= 0.3 is 11.9 Å². The number of aromatic nitrogens is 1. The first kappa shape index (κ1) is 29.6. The number of aliphatic hydroxyl groups excluding tert-OH is 4. The predicted octanol–water partition coefficient (Wildman–Crippen LogP) is 1.24.